The van der Waals surface area contributed by atoms with Crippen molar-refractivity contribution < 1.29 is 9.90 Å². The van der Waals surface area contributed by atoms with E-state index in [4.69, 9.17) is 10.8 Å². The van der Waals surface area contributed by atoms with Crippen molar-refractivity contribution in [1.29, 1.82) is 0 Å². The molecule has 0 aliphatic carbocycles. The van der Waals surface area contributed by atoms with Gasteiger partial charge < -0.3 is 15.7 Å². The number of hydrogen-bond acceptors (Lipinski definition) is 4. The van der Waals surface area contributed by atoms with E-state index in [2.05, 4.69) is 4.98 Å². The number of nitrogens with two attached hydrogens (primary N) is 1. The van der Waals surface area contributed by atoms with Gasteiger partial charge in [0.2, 0.25) is 0 Å². The van der Waals surface area contributed by atoms with Crippen molar-refractivity contribution in [1.82, 2.24) is 9.88 Å². The number of aromatic nitrogens is 1. The van der Waals surface area contributed by atoms with E-state index in [-0.39, 0.29) is 19.1 Å². The summed E-state index contributed by atoms with van der Waals surface area (Å²) < 4.78 is 0. The van der Waals surface area contributed by atoms with Gasteiger partial charge in [-0.3, -0.25) is 9.78 Å². The smallest absolute Gasteiger partial charge is 0.272 e. The fraction of sp³-hybridized carbons (Fsp3) is 0.333. The van der Waals surface area contributed by atoms with E-state index >= 15 is 0 Å². The molecule has 1 rings (SSSR count). The molecule has 76 valence electrons. The van der Waals surface area contributed by atoms with E-state index < -0.39 is 0 Å². The lowest BCUT2D eigenvalue weighted by atomic mass is 10.3. The summed E-state index contributed by atoms with van der Waals surface area (Å²) in [6.45, 7) is 0.222. The number of carbonyl (C=O) groups is 1. The number of aliphatic hydroxyl groups is 1. The minimum Gasteiger partial charge on any atom is -0.399 e. The third-order valence-electron chi connectivity index (χ3n) is 1.79. The van der Waals surface area contributed by atoms with Gasteiger partial charge in [-0.25, -0.2) is 0 Å². The molecule has 1 heterocycles. The Kier molecular flexibility index (Phi) is 3.41. The Morgan fingerprint density at radius 2 is 2.43 bits per heavy atom. The SMILES string of the molecule is CN(CCO)C(=O)c1cc(N)ccn1. The average molecular weight is 195 g/mol. The molecule has 0 spiro atoms. The summed E-state index contributed by atoms with van der Waals surface area (Å²) in [5, 5.41) is 8.65. The highest BCUT2D eigenvalue weighted by Gasteiger charge is 2.11. The highest BCUT2D eigenvalue weighted by atomic mass is 16.3. The predicted octanol–water partition coefficient (Wildman–Crippen LogP) is -0.272. The quantitative estimate of drug-likeness (QED) is 0.695. The van der Waals surface area contributed by atoms with Gasteiger partial charge in [0.15, 0.2) is 0 Å². The van der Waals surface area contributed by atoms with Crippen LogP contribution in [0.5, 0.6) is 0 Å². The lowest BCUT2D eigenvalue weighted by Crippen LogP contribution is -2.30. The Balaban J connectivity index is 2.78. The second-order valence-electron chi connectivity index (χ2n) is 2.92. The highest BCUT2D eigenvalue weighted by molar-refractivity contribution is 5.92. The first kappa shape index (κ1) is 10.5. The second-order valence-corrected chi connectivity index (χ2v) is 2.92. The number of rotatable bonds is 3. The molecule has 0 aliphatic heterocycles. The number of nitrogen functional groups attached to an aromatic ring is 1. The van der Waals surface area contributed by atoms with Gasteiger partial charge in [0.1, 0.15) is 5.69 Å². The molecule has 0 saturated carbocycles. The monoisotopic (exact) mass is 195 g/mol. The topological polar surface area (TPSA) is 79.5 Å². The van der Waals surface area contributed by atoms with Gasteiger partial charge in [-0.05, 0) is 12.1 Å². The van der Waals surface area contributed by atoms with Gasteiger partial charge in [-0.1, -0.05) is 0 Å². The molecule has 14 heavy (non-hydrogen) atoms. The van der Waals surface area contributed by atoms with Crippen molar-refractivity contribution in [3.8, 4) is 0 Å². The number of nitrogens with zero attached hydrogens (tertiary/aromatic N) is 2. The van der Waals surface area contributed by atoms with Crippen molar-refractivity contribution >= 4 is 11.6 Å². The molecule has 0 unspecified atom stereocenters. The number of anilines is 1. The molecule has 0 bridgehead atoms. The van der Waals surface area contributed by atoms with E-state index in [0.717, 1.165) is 0 Å². The Morgan fingerprint density at radius 3 is 3.00 bits per heavy atom. The van der Waals surface area contributed by atoms with Crippen LogP contribution < -0.4 is 5.73 Å². The summed E-state index contributed by atoms with van der Waals surface area (Å²) in [6.07, 6.45) is 1.48. The predicted molar refractivity (Wildman–Crippen MR) is 52.7 cm³/mol. The highest BCUT2D eigenvalue weighted by Crippen LogP contribution is 2.05. The van der Waals surface area contributed by atoms with Gasteiger partial charge in [0.25, 0.3) is 5.91 Å². The third kappa shape index (κ3) is 2.43. The standard InChI is InChI=1S/C9H13N3O2/c1-12(4-5-13)9(14)8-6-7(10)2-3-11-8/h2-3,6,13H,4-5H2,1H3,(H2,10,11). The fourth-order valence-electron chi connectivity index (χ4n) is 1.01. The summed E-state index contributed by atoms with van der Waals surface area (Å²) in [5.41, 5.74) is 6.30. The van der Waals surface area contributed by atoms with Crippen LogP contribution in [0.2, 0.25) is 0 Å². The maximum absolute atomic E-state index is 11.6. The molecule has 0 saturated heterocycles. The zero-order valence-electron chi connectivity index (χ0n) is 7.97. The molecular formula is C9H13N3O2. The van der Waals surface area contributed by atoms with Crippen molar-refractivity contribution in [2.75, 3.05) is 25.9 Å². The molecule has 3 N–H and O–H groups in total. The summed E-state index contributed by atoms with van der Waals surface area (Å²) in [6, 6.07) is 3.12. The van der Waals surface area contributed by atoms with Gasteiger partial charge in [-0.2, -0.15) is 0 Å². The molecule has 1 aromatic rings. The molecule has 1 aromatic heterocycles. The molecule has 1 amide bonds. The second kappa shape index (κ2) is 4.57. The van der Waals surface area contributed by atoms with E-state index in [1.54, 1.807) is 13.1 Å². The fourth-order valence-corrected chi connectivity index (χ4v) is 1.01. The number of likely N-dealkylation sites (N-methyl/N-ethyl adjacent to an activating group) is 1. The van der Waals surface area contributed by atoms with Crippen molar-refractivity contribution in [3.63, 3.8) is 0 Å². The molecule has 0 radical (unpaired) electrons. The first-order valence-corrected chi connectivity index (χ1v) is 4.23. The lowest BCUT2D eigenvalue weighted by molar-refractivity contribution is 0.0761. The molecule has 0 aliphatic rings. The van der Waals surface area contributed by atoms with Gasteiger partial charge in [0.05, 0.1) is 6.61 Å². The maximum atomic E-state index is 11.6. The Bertz CT molecular complexity index is 328. The third-order valence-corrected chi connectivity index (χ3v) is 1.79. The Labute approximate surface area is 82.2 Å². The molecular weight excluding hydrogens is 182 g/mol. The van der Waals surface area contributed by atoms with Crippen molar-refractivity contribution in [3.05, 3.63) is 24.0 Å². The normalized spacial score (nSPS) is 9.86. The van der Waals surface area contributed by atoms with E-state index in [1.807, 2.05) is 0 Å². The molecule has 0 aromatic carbocycles. The van der Waals surface area contributed by atoms with Crippen molar-refractivity contribution in [2.45, 2.75) is 0 Å². The van der Waals surface area contributed by atoms with E-state index in [1.165, 1.54) is 17.2 Å². The van der Waals surface area contributed by atoms with E-state index in [9.17, 15) is 4.79 Å². The number of carbonyl (C=O) groups excluding carboxylic acids is 1. The largest absolute Gasteiger partial charge is 0.399 e. The van der Waals surface area contributed by atoms with Crippen LogP contribution in [-0.2, 0) is 0 Å². The minimum absolute atomic E-state index is 0.0649. The number of pyridine rings is 1. The van der Waals surface area contributed by atoms with E-state index in [0.29, 0.717) is 11.4 Å². The first-order chi connectivity index (χ1) is 6.65. The summed E-state index contributed by atoms with van der Waals surface area (Å²) >= 11 is 0. The Morgan fingerprint density at radius 1 is 1.71 bits per heavy atom. The average Bonchev–Trinajstić information content (AvgIpc) is 2.17. The number of amides is 1. The van der Waals surface area contributed by atoms with Crippen LogP contribution >= 0.6 is 0 Å². The van der Waals surface area contributed by atoms with Crippen LogP contribution in [0.3, 0.4) is 0 Å². The van der Waals surface area contributed by atoms with Crippen LogP contribution in [0.1, 0.15) is 10.5 Å². The van der Waals surface area contributed by atoms with Crippen LogP contribution in [0.15, 0.2) is 18.3 Å². The van der Waals surface area contributed by atoms with Crippen LogP contribution in [0, 0.1) is 0 Å². The lowest BCUT2D eigenvalue weighted by Gasteiger charge is -2.14. The summed E-state index contributed by atoms with van der Waals surface area (Å²) in [4.78, 5) is 16.9. The zero-order chi connectivity index (χ0) is 10.6. The van der Waals surface area contributed by atoms with Crippen LogP contribution in [0.25, 0.3) is 0 Å². The van der Waals surface area contributed by atoms with Crippen LogP contribution in [0.4, 0.5) is 5.69 Å². The van der Waals surface area contributed by atoms with Gasteiger partial charge >= 0.3 is 0 Å². The first-order valence-electron chi connectivity index (χ1n) is 4.23. The molecule has 0 fully saturated rings. The van der Waals surface area contributed by atoms with Crippen molar-refractivity contribution in [2.24, 2.45) is 0 Å². The maximum Gasteiger partial charge on any atom is 0.272 e. The number of aliphatic hydroxyl groups excluding tert-OH is 1. The van der Waals surface area contributed by atoms with Crippen LogP contribution in [-0.4, -0.2) is 41.1 Å². The summed E-state index contributed by atoms with van der Waals surface area (Å²) in [5.74, 6) is -0.244. The molecule has 0 atom stereocenters. The minimum atomic E-state index is -0.244. The summed E-state index contributed by atoms with van der Waals surface area (Å²) in [7, 11) is 1.60. The molecule has 5 nitrogen and oxygen atoms in total. The Hall–Kier alpha value is -1.62. The van der Waals surface area contributed by atoms with Gasteiger partial charge in [0, 0.05) is 25.5 Å². The number of hydrogen-bond donors (Lipinski definition) is 2. The molecule has 5 heteroatoms. The zero-order valence-corrected chi connectivity index (χ0v) is 7.97. The van der Waals surface area contributed by atoms with Gasteiger partial charge in [-0.15, -0.1) is 0 Å².